The van der Waals surface area contributed by atoms with E-state index < -0.39 is 0 Å². The van der Waals surface area contributed by atoms with Crippen LogP contribution in [0.15, 0.2) is 36.5 Å². The molecule has 1 aromatic heterocycles. The third-order valence-corrected chi connectivity index (χ3v) is 4.31. The van der Waals surface area contributed by atoms with E-state index in [9.17, 15) is 0 Å². The average Bonchev–Trinajstić information content (AvgIpc) is 2.56. The van der Waals surface area contributed by atoms with Crippen molar-refractivity contribution in [2.45, 2.75) is 25.5 Å². The van der Waals surface area contributed by atoms with Gasteiger partial charge in [-0.1, -0.05) is 31.2 Å². The summed E-state index contributed by atoms with van der Waals surface area (Å²) in [6, 6.07) is 10.6. The third kappa shape index (κ3) is 2.93. The number of hydrogen-bond acceptors (Lipinski definition) is 4. The standard InChI is InChI=1S/C17H23N3O/c1-2-14-12-20(9-10-21-14)16(11-18)15-7-3-5-13-6-4-8-19-17(13)15/h3-8,14,16H,2,9-12,18H2,1H3. The molecule has 21 heavy (non-hydrogen) atoms. The van der Waals surface area contributed by atoms with Crippen LogP contribution in [0.5, 0.6) is 0 Å². The van der Waals surface area contributed by atoms with E-state index in [-0.39, 0.29) is 6.04 Å². The van der Waals surface area contributed by atoms with Gasteiger partial charge < -0.3 is 10.5 Å². The number of nitrogens with zero attached hydrogens (tertiary/aromatic N) is 2. The van der Waals surface area contributed by atoms with Gasteiger partial charge in [0.25, 0.3) is 0 Å². The first kappa shape index (κ1) is 14.4. The van der Waals surface area contributed by atoms with Crippen LogP contribution in [0, 0.1) is 0 Å². The number of rotatable bonds is 4. The summed E-state index contributed by atoms with van der Waals surface area (Å²) in [4.78, 5) is 7.02. The maximum Gasteiger partial charge on any atom is 0.0750 e. The Morgan fingerprint density at radius 3 is 3.05 bits per heavy atom. The second-order valence-corrected chi connectivity index (χ2v) is 5.57. The summed E-state index contributed by atoms with van der Waals surface area (Å²) in [6.07, 6.45) is 3.21. The monoisotopic (exact) mass is 285 g/mol. The van der Waals surface area contributed by atoms with Gasteiger partial charge in [-0.3, -0.25) is 9.88 Å². The molecule has 4 nitrogen and oxygen atoms in total. The highest BCUT2D eigenvalue weighted by Gasteiger charge is 2.27. The second kappa shape index (κ2) is 6.52. The Balaban J connectivity index is 1.94. The van der Waals surface area contributed by atoms with Crippen molar-refractivity contribution >= 4 is 10.9 Å². The molecule has 0 radical (unpaired) electrons. The molecule has 0 saturated carbocycles. The molecule has 0 bridgehead atoms. The molecule has 1 aliphatic heterocycles. The molecule has 2 unspecified atom stereocenters. The summed E-state index contributed by atoms with van der Waals surface area (Å²) in [5.41, 5.74) is 8.40. The van der Waals surface area contributed by atoms with Crippen molar-refractivity contribution < 1.29 is 4.74 Å². The van der Waals surface area contributed by atoms with E-state index in [0.29, 0.717) is 12.6 Å². The molecule has 0 aliphatic carbocycles. The van der Waals surface area contributed by atoms with Crippen LogP contribution in [0.3, 0.4) is 0 Å². The molecule has 1 saturated heterocycles. The van der Waals surface area contributed by atoms with Gasteiger partial charge in [0.15, 0.2) is 0 Å². The highest BCUT2D eigenvalue weighted by molar-refractivity contribution is 5.82. The van der Waals surface area contributed by atoms with Crippen LogP contribution in [0.1, 0.15) is 24.9 Å². The number of aromatic nitrogens is 1. The molecule has 3 rings (SSSR count). The first-order chi connectivity index (χ1) is 10.3. The van der Waals surface area contributed by atoms with Crippen LogP contribution < -0.4 is 5.73 Å². The van der Waals surface area contributed by atoms with Gasteiger partial charge in [0.1, 0.15) is 0 Å². The van der Waals surface area contributed by atoms with Gasteiger partial charge in [-0.2, -0.15) is 0 Å². The Morgan fingerprint density at radius 2 is 2.24 bits per heavy atom. The van der Waals surface area contributed by atoms with Gasteiger partial charge >= 0.3 is 0 Å². The Morgan fingerprint density at radius 1 is 1.38 bits per heavy atom. The third-order valence-electron chi connectivity index (χ3n) is 4.31. The molecule has 1 aromatic carbocycles. The maximum absolute atomic E-state index is 6.10. The first-order valence-electron chi connectivity index (χ1n) is 7.72. The zero-order chi connectivity index (χ0) is 14.7. The van der Waals surface area contributed by atoms with E-state index in [4.69, 9.17) is 10.5 Å². The summed E-state index contributed by atoms with van der Waals surface area (Å²) >= 11 is 0. The topological polar surface area (TPSA) is 51.4 Å². The van der Waals surface area contributed by atoms with Crippen molar-refractivity contribution in [1.29, 1.82) is 0 Å². The predicted octanol–water partition coefficient (Wildman–Crippen LogP) is 2.35. The minimum absolute atomic E-state index is 0.210. The van der Waals surface area contributed by atoms with Gasteiger partial charge in [0, 0.05) is 37.3 Å². The molecule has 0 amide bonds. The number of fused-ring (bicyclic) bond motifs is 1. The number of nitrogens with two attached hydrogens (primary N) is 1. The van der Waals surface area contributed by atoms with Crippen molar-refractivity contribution in [3.05, 3.63) is 42.1 Å². The lowest BCUT2D eigenvalue weighted by atomic mass is 10.00. The van der Waals surface area contributed by atoms with Gasteiger partial charge in [-0.05, 0) is 18.1 Å². The molecule has 2 atom stereocenters. The highest BCUT2D eigenvalue weighted by Crippen LogP contribution is 2.28. The maximum atomic E-state index is 6.10. The molecular weight excluding hydrogens is 262 g/mol. The average molecular weight is 285 g/mol. The molecule has 1 fully saturated rings. The molecule has 2 heterocycles. The quantitative estimate of drug-likeness (QED) is 0.937. The number of morpholine rings is 1. The van der Waals surface area contributed by atoms with Crippen molar-refractivity contribution in [1.82, 2.24) is 9.88 Å². The molecule has 0 spiro atoms. The van der Waals surface area contributed by atoms with E-state index in [2.05, 4.69) is 41.1 Å². The van der Waals surface area contributed by atoms with E-state index in [0.717, 1.165) is 31.6 Å². The summed E-state index contributed by atoms with van der Waals surface area (Å²) < 4.78 is 5.78. The normalized spacial score (nSPS) is 21.5. The molecule has 2 aromatic rings. The lowest BCUT2D eigenvalue weighted by Crippen LogP contribution is -2.46. The van der Waals surface area contributed by atoms with Gasteiger partial charge in [0.2, 0.25) is 0 Å². The SMILES string of the molecule is CCC1CN(C(CN)c2cccc3cccnc23)CCO1. The highest BCUT2D eigenvalue weighted by atomic mass is 16.5. The fraction of sp³-hybridized carbons (Fsp3) is 0.471. The van der Waals surface area contributed by atoms with Gasteiger partial charge in [-0.25, -0.2) is 0 Å². The van der Waals surface area contributed by atoms with E-state index in [1.807, 2.05) is 12.3 Å². The van der Waals surface area contributed by atoms with E-state index in [1.165, 1.54) is 10.9 Å². The summed E-state index contributed by atoms with van der Waals surface area (Å²) in [5, 5.41) is 1.17. The Kier molecular flexibility index (Phi) is 4.48. The van der Waals surface area contributed by atoms with Crippen molar-refractivity contribution in [2.24, 2.45) is 5.73 Å². The van der Waals surface area contributed by atoms with Crippen LogP contribution in [-0.4, -0.2) is 42.2 Å². The van der Waals surface area contributed by atoms with E-state index in [1.54, 1.807) is 0 Å². The first-order valence-corrected chi connectivity index (χ1v) is 7.72. The second-order valence-electron chi connectivity index (χ2n) is 5.57. The molecule has 1 aliphatic rings. The lowest BCUT2D eigenvalue weighted by Gasteiger charge is -2.38. The molecule has 2 N–H and O–H groups in total. The molecular formula is C17H23N3O. The number of pyridine rings is 1. The summed E-state index contributed by atoms with van der Waals surface area (Å²) in [7, 11) is 0. The number of ether oxygens (including phenoxy) is 1. The molecule has 4 heteroatoms. The zero-order valence-electron chi connectivity index (χ0n) is 12.5. The predicted molar refractivity (Wildman–Crippen MR) is 85.1 cm³/mol. The zero-order valence-corrected chi connectivity index (χ0v) is 12.5. The smallest absolute Gasteiger partial charge is 0.0750 e. The molecule has 112 valence electrons. The van der Waals surface area contributed by atoms with E-state index >= 15 is 0 Å². The minimum atomic E-state index is 0.210. The number of hydrogen-bond donors (Lipinski definition) is 1. The summed E-state index contributed by atoms with van der Waals surface area (Å²) in [5.74, 6) is 0. The van der Waals surface area contributed by atoms with Crippen LogP contribution >= 0.6 is 0 Å². The lowest BCUT2D eigenvalue weighted by molar-refractivity contribution is -0.0435. The Labute approximate surface area is 125 Å². The van der Waals surface area contributed by atoms with Crippen molar-refractivity contribution in [2.75, 3.05) is 26.2 Å². The van der Waals surface area contributed by atoms with Gasteiger partial charge in [0.05, 0.1) is 18.2 Å². The largest absolute Gasteiger partial charge is 0.376 e. The Hall–Kier alpha value is -1.49. The van der Waals surface area contributed by atoms with Crippen LogP contribution in [0.2, 0.25) is 0 Å². The minimum Gasteiger partial charge on any atom is -0.376 e. The fourth-order valence-electron chi connectivity index (χ4n) is 3.14. The number of para-hydroxylation sites is 1. The van der Waals surface area contributed by atoms with Crippen LogP contribution in [-0.2, 0) is 4.74 Å². The van der Waals surface area contributed by atoms with Gasteiger partial charge in [-0.15, -0.1) is 0 Å². The van der Waals surface area contributed by atoms with Crippen LogP contribution in [0.25, 0.3) is 10.9 Å². The van der Waals surface area contributed by atoms with Crippen molar-refractivity contribution in [3.63, 3.8) is 0 Å². The van der Waals surface area contributed by atoms with Crippen molar-refractivity contribution in [3.8, 4) is 0 Å². The fourth-order valence-corrected chi connectivity index (χ4v) is 3.14. The number of benzene rings is 1. The van der Waals surface area contributed by atoms with Crippen LogP contribution in [0.4, 0.5) is 0 Å². The Bertz CT molecular complexity index is 596. The summed E-state index contributed by atoms with van der Waals surface area (Å²) in [6.45, 7) is 5.44.